The van der Waals surface area contributed by atoms with Gasteiger partial charge in [-0.05, 0) is 17.9 Å². The minimum Gasteiger partial charge on any atom is -0.395 e. The molecule has 0 saturated heterocycles. The van der Waals surface area contributed by atoms with E-state index in [-0.39, 0.29) is 13.2 Å². The predicted octanol–water partition coefficient (Wildman–Crippen LogP) is 1.76. The van der Waals surface area contributed by atoms with Gasteiger partial charge in [-0.3, -0.25) is 4.79 Å². The highest BCUT2D eigenvalue weighted by atomic mass is 32.1. The number of rotatable bonds is 5. The Balaban J connectivity index is 2.78. The number of halogens is 2. The van der Waals surface area contributed by atoms with Gasteiger partial charge in [0.15, 0.2) is 0 Å². The molecule has 1 N–H and O–H groups in total. The fraction of sp³-hybridized carbons (Fsp3) is 0.500. The summed E-state index contributed by atoms with van der Waals surface area (Å²) in [5.41, 5.74) is 1.20. The molecule has 1 aromatic rings. The monoisotopic (exact) mass is 249 g/mol. The molecule has 1 aromatic heterocycles. The van der Waals surface area contributed by atoms with Gasteiger partial charge in [0.1, 0.15) is 0 Å². The fourth-order valence-electron chi connectivity index (χ4n) is 1.31. The van der Waals surface area contributed by atoms with Crippen LogP contribution >= 0.6 is 11.3 Å². The number of aliphatic hydroxyl groups excluding tert-OH is 1. The van der Waals surface area contributed by atoms with E-state index in [1.54, 1.807) is 17.7 Å². The second-order valence-corrected chi connectivity index (χ2v) is 4.08. The van der Waals surface area contributed by atoms with Crippen molar-refractivity contribution in [2.24, 2.45) is 0 Å². The number of amides is 1. The molecule has 90 valence electrons. The Morgan fingerprint density at radius 1 is 1.56 bits per heavy atom. The minimum atomic E-state index is -2.59. The van der Waals surface area contributed by atoms with E-state index < -0.39 is 18.9 Å². The van der Waals surface area contributed by atoms with Crippen molar-refractivity contribution in [1.82, 2.24) is 4.90 Å². The van der Waals surface area contributed by atoms with Crippen LogP contribution in [0.2, 0.25) is 0 Å². The molecule has 0 aromatic carbocycles. The smallest absolute Gasteiger partial charge is 0.255 e. The molecular weight excluding hydrogens is 236 g/mol. The van der Waals surface area contributed by atoms with Crippen molar-refractivity contribution < 1.29 is 18.7 Å². The number of carbonyl (C=O) groups excluding carboxylic acids is 1. The van der Waals surface area contributed by atoms with Crippen LogP contribution in [-0.2, 0) is 0 Å². The van der Waals surface area contributed by atoms with Gasteiger partial charge < -0.3 is 10.0 Å². The molecular formula is C10H13F2NO2S. The SMILES string of the molecule is Cc1cscc1C(=O)N(CCO)CC(F)F. The largest absolute Gasteiger partial charge is 0.395 e. The minimum absolute atomic E-state index is 0.0710. The van der Waals surface area contributed by atoms with Crippen LogP contribution in [0, 0.1) is 6.92 Å². The van der Waals surface area contributed by atoms with Crippen molar-refractivity contribution in [3.8, 4) is 0 Å². The lowest BCUT2D eigenvalue weighted by Gasteiger charge is -2.21. The quantitative estimate of drug-likeness (QED) is 0.863. The summed E-state index contributed by atoms with van der Waals surface area (Å²) >= 11 is 1.35. The maximum Gasteiger partial charge on any atom is 0.255 e. The number of nitrogens with zero attached hydrogens (tertiary/aromatic N) is 1. The Hall–Kier alpha value is -1.01. The van der Waals surface area contributed by atoms with Crippen LogP contribution in [0.3, 0.4) is 0 Å². The molecule has 0 radical (unpaired) electrons. The molecule has 0 aliphatic heterocycles. The highest BCUT2D eigenvalue weighted by molar-refractivity contribution is 7.08. The normalized spacial score (nSPS) is 10.8. The average Bonchev–Trinajstić information content (AvgIpc) is 2.62. The number of carbonyl (C=O) groups is 1. The third-order valence-corrected chi connectivity index (χ3v) is 2.96. The second-order valence-electron chi connectivity index (χ2n) is 3.33. The fourth-order valence-corrected chi connectivity index (χ4v) is 2.13. The molecule has 1 rings (SSSR count). The molecule has 1 amide bonds. The molecule has 16 heavy (non-hydrogen) atoms. The highest BCUT2D eigenvalue weighted by Crippen LogP contribution is 2.16. The molecule has 3 nitrogen and oxygen atoms in total. The van der Waals surface area contributed by atoms with Gasteiger partial charge in [0, 0.05) is 11.9 Å². The Morgan fingerprint density at radius 3 is 2.69 bits per heavy atom. The van der Waals surface area contributed by atoms with Crippen LogP contribution in [-0.4, -0.2) is 42.0 Å². The van der Waals surface area contributed by atoms with Gasteiger partial charge in [0.2, 0.25) is 0 Å². The standard InChI is InChI=1S/C10H13F2NO2S/c1-7-5-16-6-8(7)10(15)13(2-3-14)4-9(11)12/h5-6,9,14H,2-4H2,1H3. The summed E-state index contributed by atoms with van der Waals surface area (Å²) < 4.78 is 24.5. The first kappa shape index (κ1) is 13.1. The average molecular weight is 249 g/mol. The third kappa shape index (κ3) is 3.24. The van der Waals surface area contributed by atoms with Crippen LogP contribution < -0.4 is 0 Å². The Labute approximate surface area is 96.3 Å². The summed E-state index contributed by atoms with van der Waals surface area (Å²) in [5, 5.41) is 12.1. The van der Waals surface area contributed by atoms with Crippen LogP contribution in [0.1, 0.15) is 15.9 Å². The van der Waals surface area contributed by atoms with Crippen LogP contribution in [0.4, 0.5) is 8.78 Å². The number of aryl methyl sites for hydroxylation is 1. The summed E-state index contributed by atoms with van der Waals surface area (Å²) in [6.45, 7) is 0.720. The molecule has 0 spiro atoms. The lowest BCUT2D eigenvalue weighted by atomic mass is 10.2. The molecule has 0 saturated carbocycles. The molecule has 0 atom stereocenters. The number of aliphatic hydroxyl groups is 1. The van der Waals surface area contributed by atoms with Gasteiger partial charge in [-0.1, -0.05) is 0 Å². The van der Waals surface area contributed by atoms with E-state index in [2.05, 4.69) is 0 Å². The van der Waals surface area contributed by atoms with Gasteiger partial charge in [-0.2, -0.15) is 11.3 Å². The molecule has 1 heterocycles. The Bertz CT molecular complexity index is 354. The van der Waals surface area contributed by atoms with Crippen molar-refractivity contribution in [3.05, 3.63) is 21.9 Å². The molecule has 0 bridgehead atoms. The van der Waals surface area contributed by atoms with Crippen molar-refractivity contribution >= 4 is 17.2 Å². The van der Waals surface area contributed by atoms with Gasteiger partial charge in [0.05, 0.1) is 18.7 Å². The van der Waals surface area contributed by atoms with Crippen LogP contribution in [0.5, 0.6) is 0 Å². The summed E-state index contributed by atoms with van der Waals surface area (Å²) in [7, 11) is 0. The molecule has 0 unspecified atom stereocenters. The van der Waals surface area contributed by atoms with E-state index in [1.165, 1.54) is 11.3 Å². The van der Waals surface area contributed by atoms with E-state index in [0.29, 0.717) is 5.56 Å². The summed E-state index contributed by atoms with van der Waals surface area (Å²) in [5.74, 6) is -0.451. The van der Waals surface area contributed by atoms with Crippen molar-refractivity contribution in [1.29, 1.82) is 0 Å². The summed E-state index contributed by atoms with van der Waals surface area (Å²) in [6.07, 6.45) is -2.59. The zero-order valence-electron chi connectivity index (χ0n) is 8.82. The lowest BCUT2D eigenvalue weighted by molar-refractivity contribution is 0.0509. The Morgan fingerprint density at radius 2 is 2.25 bits per heavy atom. The van der Waals surface area contributed by atoms with E-state index in [1.807, 2.05) is 0 Å². The Kier molecular flexibility index (Phi) is 4.82. The topological polar surface area (TPSA) is 40.5 Å². The van der Waals surface area contributed by atoms with Gasteiger partial charge in [-0.25, -0.2) is 8.78 Å². The molecule has 0 aliphatic carbocycles. The van der Waals surface area contributed by atoms with Crippen LogP contribution in [0.25, 0.3) is 0 Å². The predicted molar refractivity (Wildman–Crippen MR) is 58.0 cm³/mol. The number of thiophene rings is 1. The maximum atomic E-state index is 12.2. The lowest BCUT2D eigenvalue weighted by Crippen LogP contribution is -2.37. The number of hydrogen-bond donors (Lipinski definition) is 1. The van der Waals surface area contributed by atoms with Crippen molar-refractivity contribution in [2.75, 3.05) is 19.7 Å². The summed E-state index contributed by atoms with van der Waals surface area (Å²) in [6, 6.07) is 0. The zero-order valence-corrected chi connectivity index (χ0v) is 9.64. The molecule has 6 heteroatoms. The number of hydrogen-bond acceptors (Lipinski definition) is 3. The first-order valence-electron chi connectivity index (χ1n) is 4.77. The maximum absolute atomic E-state index is 12.2. The van der Waals surface area contributed by atoms with Gasteiger partial charge >= 0.3 is 0 Å². The third-order valence-electron chi connectivity index (χ3n) is 2.10. The second kappa shape index (κ2) is 5.91. The van der Waals surface area contributed by atoms with Gasteiger partial charge in [-0.15, -0.1) is 0 Å². The first-order chi connectivity index (χ1) is 7.56. The summed E-state index contributed by atoms with van der Waals surface area (Å²) in [4.78, 5) is 12.8. The van der Waals surface area contributed by atoms with Crippen LogP contribution in [0.15, 0.2) is 10.8 Å². The van der Waals surface area contributed by atoms with Crippen molar-refractivity contribution in [2.45, 2.75) is 13.3 Å². The van der Waals surface area contributed by atoms with E-state index in [4.69, 9.17) is 5.11 Å². The number of alkyl halides is 2. The van der Waals surface area contributed by atoms with E-state index in [9.17, 15) is 13.6 Å². The van der Waals surface area contributed by atoms with Crippen molar-refractivity contribution in [3.63, 3.8) is 0 Å². The molecule has 0 fully saturated rings. The zero-order chi connectivity index (χ0) is 12.1. The van der Waals surface area contributed by atoms with Gasteiger partial charge in [0.25, 0.3) is 12.3 Å². The van der Waals surface area contributed by atoms with E-state index >= 15 is 0 Å². The van der Waals surface area contributed by atoms with E-state index in [0.717, 1.165) is 10.5 Å². The first-order valence-corrected chi connectivity index (χ1v) is 5.71. The highest BCUT2D eigenvalue weighted by Gasteiger charge is 2.20. The molecule has 0 aliphatic rings.